The highest BCUT2D eigenvalue weighted by Gasteiger charge is 2.52. The van der Waals surface area contributed by atoms with Gasteiger partial charge in [-0.25, -0.2) is 0 Å². The summed E-state index contributed by atoms with van der Waals surface area (Å²) in [5.74, 6) is 1.54. The number of hydrogen-bond acceptors (Lipinski definition) is 4. The summed E-state index contributed by atoms with van der Waals surface area (Å²) >= 11 is 0. The largest absolute Gasteiger partial charge is 0.484 e. The molecule has 142 valence electrons. The number of carbonyl (C=O) groups excluding carboxylic acids is 1. The third kappa shape index (κ3) is 3.74. The van der Waals surface area contributed by atoms with Crippen LogP contribution >= 0.6 is 0 Å². The normalized spacial score (nSPS) is 30.9. The zero-order chi connectivity index (χ0) is 18.0. The molecule has 1 heterocycles. The van der Waals surface area contributed by atoms with Crippen LogP contribution in [0.5, 0.6) is 5.75 Å². The van der Waals surface area contributed by atoms with Crippen molar-refractivity contribution in [2.45, 2.75) is 56.3 Å². The Labute approximate surface area is 155 Å². The van der Waals surface area contributed by atoms with Crippen LogP contribution in [0.25, 0.3) is 0 Å². The van der Waals surface area contributed by atoms with Gasteiger partial charge < -0.3 is 19.1 Å². The van der Waals surface area contributed by atoms with Gasteiger partial charge in [-0.05, 0) is 56.6 Å². The molecule has 5 nitrogen and oxygen atoms in total. The van der Waals surface area contributed by atoms with Crippen molar-refractivity contribution in [1.29, 1.82) is 0 Å². The first-order chi connectivity index (χ1) is 12.7. The Balaban J connectivity index is 1.37. The van der Waals surface area contributed by atoms with Gasteiger partial charge in [0.25, 0.3) is 5.91 Å². The molecule has 5 heteroatoms. The summed E-state index contributed by atoms with van der Waals surface area (Å²) in [5.41, 5.74) is -0.207. The molecule has 1 aromatic carbocycles. The van der Waals surface area contributed by atoms with Gasteiger partial charge in [0.2, 0.25) is 0 Å². The van der Waals surface area contributed by atoms with Crippen molar-refractivity contribution >= 4 is 5.91 Å². The minimum Gasteiger partial charge on any atom is -0.484 e. The number of rotatable bonds is 7. The number of para-hydroxylation sites is 1. The molecule has 0 radical (unpaired) electrons. The first-order valence-corrected chi connectivity index (χ1v) is 9.84. The maximum absolute atomic E-state index is 12.8. The van der Waals surface area contributed by atoms with Crippen molar-refractivity contribution < 1.29 is 19.0 Å². The molecular formula is C21H29NO4. The lowest BCUT2D eigenvalue weighted by Gasteiger charge is -2.43. The number of ether oxygens (including phenoxy) is 3. The highest BCUT2D eigenvalue weighted by atomic mass is 16.5. The zero-order valence-electron chi connectivity index (χ0n) is 15.6. The molecule has 2 aliphatic carbocycles. The van der Waals surface area contributed by atoms with Gasteiger partial charge in [0.05, 0.1) is 17.7 Å². The molecule has 26 heavy (non-hydrogen) atoms. The molecule has 1 saturated heterocycles. The van der Waals surface area contributed by atoms with Crippen LogP contribution in [0.2, 0.25) is 0 Å². The van der Waals surface area contributed by atoms with Crippen LogP contribution in [-0.2, 0) is 14.3 Å². The number of carbonyl (C=O) groups is 1. The van der Waals surface area contributed by atoms with Crippen LogP contribution in [-0.4, -0.2) is 55.4 Å². The molecule has 1 amide bonds. The SMILES string of the molecule is CO[C@@]12CC[C@@H](OCC3CC3)C[C@@H]1N(C(=O)COc1ccccc1)CC2. The molecule has 3 fully saturated rings. The van der Waals surface area contributed by atoms with E-state index in [2.05, 4.69) is 0 Å². The van der Waals surface area contributed by atoms with Crippen molar-refractivity contribution in [3.8, 4) is 5.75 Å². The highest BCUT2D eigenvalue weighted by Crippen LogP contribution is 2.43. The predicted molar refractivity (Wildman–Crippen MR) is 98.1 cm³/mol. The monoisotopic (exact) mass is 359 g/mol. The number of nitrogens with zero attached hydrogens (tertiary/aromatic N) is 1. The molecule has 0 aromatic heterocycles. The lowest BCUT2D eigenvalue weighted by atomic mass is 9.79. The van der Waals surface area contributed by atoms with Crippen LogP contribution in [0, 0.1) is 5.92 Å². The number of methoxy groups -OCH3 is 1. The number of hydrogen-bond donors (Lipinski definition) is 0. The first-order valence-electron chi connectivity index (χ1n) is 9.84. The van der Waals surface area contributed by atoms with Gasteiger partial charge in [0.1, 0.15) is 5.75 Å². The summed E-state index contributed by atoms with van der Waals surface area (Å²) in [6.45, 7) is 1.70. The van der Waals surface area contributed by atoms with E-state index < -0.39 is 0 Å². The van der Waals surface area contributed by atoms with Gasteiger partial charge in [0, 0.05) is 20.3 Å². The van der Waals surface area contributed by atoms with E-state index in [4.69, 9.17) is 14.2 Å². The molecule has 1 aromatic rings. The summed E-state index contributed by atoms with van der Waals surface area (Å²) < 4.78 is 17.8. The van der Waals surface area contributed by atoms with Gasteiger partial charge in [-0.15, -0.1) is 0 Å². The maximum atomic E-state index is 12.8. The number of amides is 1. The van der Waals surface area contributed by atoms with Gasteiger partial charge in [-0.1, -0.05) is 18.2 Å². The second-order valence-corrected chi connectivity index (χ2v) is 7.90. The molecule has 0 bridgehead atoms. The Morgan fingerprint density at radius 1 is 1.19 bits per heavy atom. The number of likely N-dealkylation sites (tertiary alicyclic amines) is 1. The van der Waals surface area contributed by atoms with Crippen LogP contribution in [0.4, 0.5) is 0 Å². The molecule has 0 spiro atoms. The Kier molecular flexibility index (Phi) is 5.18. The van der Waals surface area contributed by atoms with Crippen LogP contribution < -0.4 is 4.74 Å². The Hall–Kier alpha value is -1.59. The lowest BCUT2D eigenvalue weighted by molar-refractivity contribution is -0.143. The van der Waals surface area contributed by atoms with Crippen molar-refractivity contribution in [3.63, 3.8) is 0 Å². The van der Waals surface area contributed by atoms with E-state index in [-0.39, 0.29) is 30.3 Å². The summed E-state index contributed by atoms with van der Waals surface area (Å²) in [5, 5.41) is 0. The number of benzene rings is 1. The van der Waals surface area contributed by atoms with E-state index in [1.54, 1.807) is 7.11 Å². The topological polar surface area (TPSA) is 48.0 Å². The second kappa shape index (κ2) is 7.57. The molecular weight excluding hydrogens is 330 g/mol. The van der Waals surface area contributed by atoms with E-state index in [1.807, 2.05) is 35.2 Å². The minimum absolute atomic E-state index is 0.0422. The van der Waals surface area contributed by atoms with E-state index in [1.165, 1.54) is 12.8 Å². The van der Waals surface area contributed by atoms with Crippen LogP contribution in [0.1, 0.15) is 38.5 Å². The maximum Gasteiger partial charge on any atom is 0.260 e. The first kappa shape index (κ1) is 17.8. The Bertz CT molecular complexity index is 618. The number of fused-ring (bicyclic) bond motifs is 1. The van der Waals surface area contributed by atoms with Crippen LogP contribution in [0.15, 0.2) is 30.3 Å². The quantitative estimate of drug-likeness (QED) is 0.751. The standard InChI is InChI=1S/C21H29NO4/c1-24-21-10-9-18(25-14-16-7-8-16)13-19(21)22(12-11-21)20(23)15-26-17-5-3-2-4-6-17/h2-6,16,18-19H,7-15H2,1H3/t18-,19+,21-/m1/s1. The fourth-order valence-corrected chi connectivity index (χ4v) is 4.41. The summed E-state index contributed by atoms with van der Waals surface area (Å²) in [6.07, 6.45) is 6.62. The molecule has 0 unspecified atom stereocenters. The summed E-state index contributed by atoms with van der Waals surface area (Å²) in [6, 6.07) is 9.60. The second-order valence-electron chi connectivity index (χ2n) is 7.90. The minimum atomic E-state index is -0.207. The fraction of sp³-hybridized carbons (Fsp3) is 0.667. The van der Waals surface area contributed by atoms with Gasteiger partial charge >= 0.3 is 0 Å². The third-order valence-corrected chi connectivity index (χ3v) is 6.23. The van der Waals surface area contributed by atoms with Crippen molar-refractivity contribution in [1.82, 2.24) is 4.90 Å². The van der Waals surface area contributed by atoms with Crippen molar-refractivity contribution in [2.24, 2.45) is 5.92 Å². The van der Waals surface area contributed by atoms with E-state index >= 15 is 0 Å². The van der Waals surface area contributed by atoms with E-state index in [0.717, 1.165) is 50.5 Å². The van der Waals surface area contributed by atoms with Gasteiger partial charge in [0.15, 0.2) is 6.61 Å². The van der Waals surface area contributed by atoms with E-state index in [0.29, 0.717) is 0 Å². The molecule has 2 saturated carbocycles. The smallest absolute Gasteiger partial charge is 0.260 e. The molecule has 3 atom stereocenters. The third-order valence-electron chi connectivity index (χ3n) is 6.23. The van der Waals surface area contributed by atoms with E-state index in [9.17, 15) is 4.79 Å². The van der Waals surface area contributed by atoms with Crippen molar-refractivity contribution in [3.05, 3.63) is 30.3 Å². The predicted octanol–water partition coefficient (Wildman–Crippen LogP) is 3.03. The highest BCUT2D eigenvalue weighted by molar-refractivity contribution is 5.78. The average molecular weight is 359 g/mol. The Morgan fingerprint density at radius 3 is 2.73 bits per heavy atom. The average Bonchev–Trinajstić information content (AvgIpc) is 3.44. The van der Waals surface area contributed by atoms with Crippen molar-refractivity contribution in [2.75, 3.05) is 26.9 Å². The fourth-order valence-electron chi connectivity index (χ4n) is 4.41. The lowest BCUT2D eigenvalue weighted by Crippen LogP contribution is -2.53. The molecule has 3 aliphatic rings. The summed E-state index contributed by atoms with van der Waals surface area (Å²) in [7, 11) is 1.78. The van der Waals surface area contributed by atoms with Crippen LogP contribution in [0.3, 0.4) is 0 Å². The zero-order valence-corrected chi connectivity index (χ0v) is 15.6. The Morgan fingerprint density at radius 2 is 2.00 bits per heavy atom. The summed E-state index contributed by atoms with van der Waals surface area (Å²) in [4.78, 5) is 14.8. The van der Waals surface area contributed by atoms with Gasteiger partial charge in [-0.3, -0.25) is 4.79 Å². The molecule has 1 aliphatic heterocycles. The molecule has 4 rings (SSSR count). The molecule has 0 N–H and O–H groups in total. The van der Waals surface area contributed by atoms with Gasteiger partial charge in [-0.2, -0.15) is 0 Å².